The molecular formula is C18H25Cl2N3O3. The van der Waals surface area contributed by atoms with Gasteiger partial charge in [-0.1, -0.05) is 11.6 Å². The van der Waals surface area contributed by atoms with Crippen LogP contribution in [0, 0.1) is 0 Å². The van der Waals surface area contributed by atoms with Crippen LogP contribution >= 0.6 is 24.0 Å². The van der Waals surface area contributed by atoms with E-state index < -0.39 is 6.04 Å². The molecule has 0 aromatic heterocycles. The van der Waals surface area contributed by atoms with Gasteiger partial charge in [-0.3, -0.25) is 9.59 Å². The van der Waals surface area contributed by atoms with Crippen molar-refractivity contribution in [1.29, 1.82) is 0 Å². The molecule has 2 unspecified atom stereocenters. The van der Waals surface area contributed by atoms with E-state index in [1.165, 1.54) is 7.11 Å². The molecule has 2 saturated heterocycles. The van der Waals surface area contributed by atoms with Crippen LogP contribution in [0.4, 0.5) is 0 Å². The molecule has 0 aliphatic carbocycles. The first kappa shape index (κ1) is 20.8. The highest BCUT2D eigenvalue weighted by Gasteiger charge is 2.35. The Kier molecular flexibility index (Phi) is 7.55. The number of nitrogens with one attached hydrogen (secondary N) is 2. The quantitative estimate of drug-likeness (QED) is 0.793. The van der Waals surface area contributed by atoms with Crippen LogP contribution in [0.2, 0.25) is 5.02 Å². The van der Waals surface area contributed by atoms with E-state index in [9.17, 15) is 9.59 Å². The largest absolute Gasteiger partial charge is 0.496 e. The summed E-state index contributed by atoms with van der Waals surface area (Å²) in [4.78, 5) is 27.2. The smallest absolute Gasteiger partial charge is 0.258 e. The maximum Gasteiger partial charge on any atom is 0.258 e. The van der Waals surface area contributed by atoms with Crippen molar-refractivity contribution in [2.45, 2.75) is 37.8 Å². The van der Waals surface area contributed by atoms with Gasteiger partial charge in [0.25, 0.3) is 5.91 Å². The Morgan fingerprint density at radius 3 is 2.85 bits per heavy atom. The van der Waals surface area contributed by atoms with E-state index in [1.54, 1.807) is 23.1 Å². The number of carbonyl (C=O) groups excluding carboxylic acids is 2. The third-order valence-corrected chi connectivity index (χ3v) is 5.13. The average Bonchev–Trinajstić information content (AvgIpc) is 3.30. The van der Waals surface area contributed by atoms with Crippen molar-refractivity contribution in [3.05, 3.63) is 28.8 Å². The average molecular weight is 402 g/mol. The van der Waals surface area contributed by atoms with Crippen LogP contribution in [0.15, 0.2) is 18.2 Å². The van der Waals surface area contributed by atoms with E-state index in [2.05, 4.69) is 10.6 Å². The fourth-order valence-electron chi connectivity index (χ4n) is 3.56. The molecule has 2 aliphatic heterocycles. The van der Waals surface area contributed by atoms with Gasteiger partial charge < -0.3 is 20.3 Å². The molecule has 0 radical (unpaired) electrons. The molecule has 2 atom stereocenters. The lowest BCUT2D eigenvalue weighted by Gasteiger charge is -2.25. The van der Waals surface area contributed by atoms with Crippen molar-refractivity contribution in [2.75, 3.05) is 26.7 Å². The van der Waals surface area contributed by atoms with Crippen LogP contribution in [0.25, 0.3) is 0 Å². The minimum Gasteiger partial charge on any atom is -0.496 e. The summed E-state index contributed by atoms with van der Waals surface area (Å²) < 4.78 is 5.28. The van der Waals surface area contributed by atoms with Crippen LogP contribution in [-0.2, 0) is 4.79 Å². The van der Waals surface area contributed by atoms with Crippen molar-refractivity contribution in [1.82, 2.24) is 15.5 Å². The van der Waals surface area contributed by atoms with Gasteiger partial charge >= 0.3 is 0 Å². The van der Waals surface area contributed by atoms with Crippen molar-refractivity contribution in [3.8, 4) is 5.75 Å². The topological polar surface area (TPSA) is 70.7 Å². The lowest BCUT2D eigenvalue weighted by Crippen LogP contribution is -2.48. The van der Waals surface area contributed by atoms with Gasteiger partial charge in [0.05, 0.1) is 12.7 Å². The number of methoxy groups -OCH3 is 1. The lowest BCUT2D eigenvalue weighted by molar-refractivity contribution is -0.124. The molecule has 2 N–H and O–H groups in total. The Bertz CT molecular complexity index is 651. The second kappa shape index (κ2) is 9.44. The number of carbonyl (C=O) groups is 2. The first-order chi connectivity index (χ1) is 12.1. The number of nitrogens with zero attached hydrogens (tertiary/aromatic N) is 1. The Hall–Kier alpha value is -1.50. The summed E-state index contributed by atoms with van der Waals surface area (Å²) in [6.07, 6.45) is 3.71. The second-order valence-electron chi connectivity index (χ2n) is 6.54. The van der Waals surface area contributed by atoms with E-state index >= 15 is 0 Å². The predicted molar refractivity (Wildman–Crippen MR) is 103 cm³/mol. The fourth-order valence-corrected chi connectivity index (χ4v) is 3.73. The van der Waals surface area contributed by atoms with E-state index in [1.807, 2.05) is 0 Å². The molecule has 2 heterocycles. The molecule has 2 aliphatic rings. The van der Waals surface area contributed by atoms with Crippen LogP contribution in [0.1, 0.15) is 36.0 Å². The fraction of sp³-hybridized carbons (Fsp3) is 0.556. The summed E-state index contributed by atoms with van der Waals surface area (Å²) in [5.74, 6) is 0.173. The van der Waals surface area contributed by atoms with Gasteiger partial charge in [0.1, 0.15) is 11.8 Å². The summed E-state index contributed by atoms with van der Waals surface area (Å²) in [5.41, 5.74) is 0.396. The predicted octanol–water partition coefficient (Wildman–Crippen LogP) is 2.24. The Morgan fingerprint density at radius 1 is 1.35 bits per heavy atom. The number of halogens is 2. The molecule has 26 heavy (non-hydrogen) atoms. The molecular weight excluding hydrogens is 377 g/mol. The first-order valence-corrected chi connectivity index (χ1v) is 9.13. The van der Waals surface area contributed by atoms with Crippen LogP contribution in [0.5, 0.6) is 5.75 Å². The lowest BCUT2D eigenvalue weighted by atomic mass is 10.1. The monoisotopic (exact) mass is 401 g/mol. The van der Waals surface area contributed by atoms with Crippen molar-refractivity contribution in [2.24, 2.45) is 0 Å². The number of hydrogen-bond acceptors (Lipinski definition) is 4. The normalized spacial score (nSPS) is 22.0. The standard InChI is InChI=1S/C18H24ClN3O3.ClH/c1-25-16-7-6-12(19)10-14(16)18(24)22-9-3-5-15(22)17(23)21-11-13-4-2-8-20-13;/h6-7,10,13,15,20H,2-5,8-9,11H2,1H3,(H,21,23);1H. The van der Waals surface area contributed by atoms with Crippen molar-refractivity contribution in [3.63, 3.8) is 0 Å². The van der Waals surface area contributed by atoms with E-state index in [0.29, 0.717) is 41.9 Å². The Balaban J connectivity index is 0.00000243. The van der Waals surface area contributed by atoms with E-state index in [-0.39, 0.29) is 24.2 Å². The highest BCUT2D eigenvalue weighted by atomic mass is 35.5. The number of rotatable bonds is 5. The number of benzene rings is 1. The van der Waals surface area contributed by atoms with Gasteiger partial charge in [-0.25, -0.2) is 0 Å². The zero-order valence-corrected chi connectivity index (χ0v) is 16.4. The maximum absolute atomic E-state index is 12.9. The third-order valence-electron chi connectivity index (χ3n) is 4.89. The third kappa shape index (κ3) is 4.61. The molecule has 2 fully saturated rings. The molecule has 144 valence electrons. The SMILES string of the molecule is COc1ccc(Cl)cc1C(=O)N1CCCC1C(=O)NCC1CCCN1.Cl. The minimum absolute atomic E-state index is 0. The van der Waals surface area contributed by atoms with Gasteiger partial charge in [-0.15, -0.1) is 12.4 Å². The van der Waals surface area contributed by atoms with Crippen molar-refractivity contribution >= 4 is 35.8 Å². The molecule has 0 saturated carbocycles. The minimum atomic E-state index is -0.433. The van der Waals surface area contributed by atoms with Gasteiger partial charge in [-0.05, 0) is 50.4 Å². The van der Waals surface area contributed by atoms with Gasteiger partial charge in [0.15, 0.2) is 0 Å². The summed E-state index contributed by atoms with van der Waals surface area (Å²) in [6.45, 7) is 2.18. The molecule has 2 amide bonds. The molecule has 1 aromatic rings. The van der Waals surface area contributed by atoms with Gasteiger partial charge in [-0.2, -0.15) is 0 Å². The highest BCUT2D eigenvalue weighted by molar-refractivity contribution is 6.31. The van der Waals surface area contributed by atoms with Crippen molar-refractivity contribution < 1.29 is 14.3 Å². The van der Waals surface area contributed by atoms with Crippen LogP contribution < -0.4 is 15.4 Å². The Morgan fingerprint density at radius 2 is 2.15 bits per heavy atom. The van der Waals surface area contributed by atoms with Crippen LogP contribution in [-0.4, -0.2) is 55.5 Å². The number of likely N-dealkylation sites (tertiary alicyclic amines) is 1. The van der Waals surface area contributed by atoms with Crippen LogP contribution in [0.3, 0.4) is 0 Å². The summed E-state index contributed by atoms with van der Waals surface area (Å²) in [6, 6.07) is 4.85. The zero-order chi connectivity index (χ0) is 17.8. The molecule has 3 rings (SSSR count). The number of ether oxygens (including phenoxy) is 1. The molecule has 1 aromatic carbocycles. The maximum atomic E-state index is 12.9. The van der Waals surface area contributed by atoms with Gasteiger partial charge in [0, 0.05) is 24.2 Å². The summed E-state index contributed by atoms with van der Waals surface area (Å²) in [5, 5.41) is 6.82. The van der Waals surface area contributed by atoms with Gasteiger partial charge in [0.2, 0.25) is 5.91 Å². The number of amides is 2. The van der Waals surface area contributed by atoms with E-state index in [0.717, 1.165) is 25.8 Å². The molecule has 6 nitrogen and oxygen atoms in total. The summed E-state index contributed by atoms with van der Waals surface area (Å²) >= 11 is 6.03. The number of hydrogen-bond donors (Lipinski definition) is 2. The first-order valence-electron chi connectivity index (χ1n) is 8.75. The van der Waals surface area contributed by atoms with E-state index in [4.69, 9.17) is 16.3 Å². The second-order valence-corrected chi connectivity index (χ2v) is 6.98. The highest BCUT2D eigenvalue weighted by Crippen LogP contribution is 2.27. The zero-order valence-electron chi connectivity index (χ0n) is 14.8. The molecule has 8 heteroatoms. The molecule has 0 bridgehead atoms. The summed E-state index contributed by atoms with van der Waals surface area (Å²) in [7, 11) is 1.52. The Labute approximate surface area is 165 Å². The molecule has 0 spiro atoms.